The van der Waals surface area contributed by atoms with Crippen molar-refractivity contribution in [1.29, 1.82) is 0 Å². The number of rotatable bonds is 2. The van der Waals surface area contributed by atoms with E-state index in [0.717, 1.165) is 0 Å². The van der Waals surface area contributed by atoms with Gasteiger partial charge < -0.3 is 14.2 Å². The molecule has 0 saturated heterocycles. The number of methoxy groups -OCH3 is 2. The summed E-state index contributed by atoms with van der Waals surface area (Å²) in [5.41, 5.74) is 0.718. The average Bonchev–Trinajstić information content (AvgIpc) is 2.58. The van der Waals surface area contributed by atoms with Crippen LogP contribution in [0.2, 0.25) is 0 Å². The Hall–Kier alpha value is -1.72. The molecule has 0 aromatic heterocycles. The molecule has 0 amide bonds. The lowest BCUT2D eigenvalue weighted by Gasteiger charge is -1.87. The number of esters is 2. The Morgan fingerprint density at radius 2 is 1.44 bits per heavy atom. The molecule has 1 aromatic carbocycles. The highest BCUT2D eigenvalue weighted by molar-refractivity contribution is 6.14. The highest BCUT2D eigenvalue weighted by Gasteiger charge is 2.28. The van der Waals surface area contributed by atoms with E-state index in [9.17, 15) is 9.59 Å². The maximum atomic E-state index is 10.8. The van der Waals surface area contributed by atoms with Crippen molar-refractivity contribution in [2.24, 2.45) is 0 Å². The van der Waals surface area contributed by atoms with Crippen LogP contribution in [0.1, 0.15) is 20.7 Å². The van der Waals surface area contributed by atoms with E-state index in [-0.39, 0.29) is 0 Å². The second-order valence-corrected chi connectivity index (χ2v) is 2.92. The standard InChI is InChI=1S/C8H4O3.C3H8O2/c9-7-5-3-1-2-4-6(5)8(10)11-7;1-4-3-5-2/h1-4H;3H2,1-2H3. The van der Waals surface area contributed by atoms with Crippen LogP contribution in [0, 0.1) is 0 Å². The first kappa shape index (κ1) is 12.4. The van der Waals surface area contributed by atoms with Crippen LogP contribution >= 0.6 is 0 Å². The molecule has 0 fully saturated rings. The van der Waals surface area contributed by atoms with Gasteiger partial charge in [0.05, 0.1) is 11.1 Å². The summed E-state index contributed by atoms with van der Waals surface area (Å²) in [6, 6.07) is 6.53. The molecule has 1 aliphatic heterocycles. The third-order valence-corrected chi connectivity index (χ3v) is 1.79. The zero-order valence-corrected chi connectivity index (χ0v) is 9.06. The molecule has 2 rings (SSSR count). The lowest BCUT2D eigenvalue weighted by Crippen LogP contribution is -1.96. The summed E-state index contributed by atoms with van der Waals surface area (Å²) in [5, 5.41) is 0. The van der Waals surface area contributed by atoms with Gasteiger partial charge in [0.25, 0.3) is 0 Å². The first-order valence-electron chi connectivity index (χ1n) is 4.54. The Bertz CT molecular complexity index is 351. The van der Waals surface area contributed by atoms with Gasteiger partial charge in [-0.2, -0.15) is 0 Å². The topological polar surface area (TPSA) is 61.8 Å². The molecule has 0 aliphatic carbocycles. The van der Waals surface area contributed by atoms with Gasteiger partial charge in [-0.1, -0.05) is 12.1 Å². The second-order valence-electron chi connectivity index (χ2n) is 2.92. The van der Waals surface area contributed by atoms with Gasteiger partial charge in [0.15, 0.2) is 0 Å². The van der Waals surface area contributed by atoms with Crippen molar-refractivity contribution in [3.63, 3.8) is 0 Å². The fraction of sp³-hybridized carbons (Fsp3) is 0.273. The molecular weight excluding hydrogens is 212 g/mol. The summed E-state index contributed by atoms with van der Waals surface area (Å²) in [5.74, 6) is -1.10. The van der Waals surface area contributed by atoms with Crippen molar-refractivity contribution in [3.8, 4) is 0 Å². The fourth-order valence-corrected chi connectivity index (χ4v) is 1.15. The first-order chi connectivity index (χ1) is 7.70. The number of fused-ring (bicyclic) bond motifs is 1. The first-order valence-corrected chi connectivity index (χ1v) is 4.54. The number of benzene rings is 1. The van der Waals surface area contributed by atoms with Crippen LogP contribution in [0.3, 0.4) is 0 Å². The van der Waals surface area contributed by atoms with Crippen LogP contribution in [0.5, 0.6) is 0 Å². The minimum atomic E-state index is -0.550. The molecule has 1 aliphatic rings. The summed E-state index contributed by atoms with van der Waals surface area (Å²) < 4.78 is 13.3. The molecule has 0 N–H and O–H groups in total. The van der Waals surface area contributed by atoms with Gasteiger partial charge in [0.1, 0.15) is 6.79 Å². The third-order valence-electron chi connectivity index (χ3n) is 1.79. The van der Waals surface area contributed by atoms with E-state index in [1.54, 1.807) is 38.5 Å². The molecule has 1 aromatic rings. The van der Waals surface area contributed by atoms with Crippen molar-refractivity contribution in [2.75, 3.05) is 21.0 Å². The Kier molecular flexibility index (Phi) is 4.63. The van der Waals surface area contributed by atoms with E-state index in [1.165, 1.54) is 0 Å². The maximum Gasteiger partial charge on any atom is 0.346 e. The van der Waals surface area contributed by atoms with E-state index in [4.69, 9.17) is 0 Å². The number of hydrogen-bond acceptors (Lipinski definition) is 5. The molecule has 1 heterocycles. The van der Waals surface area contributed by atoms with E-state index < -0.39 is 11.9 Å². The number of carbonyl (C=O) groups is 2. The lowest BCUT2D eigenvalue weighted by atomic mass is 10.1. The van der Waals surface area contributed by atoms with Crippen LogP contribution < -0.4 is 0 Å². The second kappa shape index (κ2) is 5.99. The van der Waals surface area contributed by atoms with Gasteiger partial charge in [-0.05, 0) is 12.1 Å². The SMILES string of the molecule is COCOC.O=C1OC(=O)c2ccccc21. The highest BCUT2D eigenvalue weighted by atomic mass is 16.6. The molecule has 0 unspecified atom stereocenters. The van der Waals surface area contributed by atoms with Crippen LogP contribution in [-0.4, -0.2) is 33.0 Å². The minimum Gasteiger partial charge on any atom is -0.386 e. The Labute approximate surface area is 92.9 Å². The van der Waals surface area contributed by atoms with Gasteiger partial charge in [-0.25, -0.2) is 9.59 Å². The Morgan fingerprint density at radius 1 is 1.00 bits per heavy atom. The quantitative estimate of drug-likeness (QED) is 0.429. The maximum absolute atomic E-state index is 10.8. The highest BCUT2D eigenvalue weighted by Crippen LogP contribution is 2.18. The molecule has 0 spiro atoms. The normalized spacial score (nSPS) is 12.6. The molecule has 0 saturated carbocycles. The number of cyclic esters (lactones) is 2. The van der Waals surface area contributed by atoms with Gasteiger partial charge >= 0.3 is 11.9 Å². The zero-order valence-electron chi connectivity index (χ0n) is 9.06. The molecule has 5 nitrogen and oxygen atoms in total. The minimum absolute atomic E-state index is 0.359. The number of carbonyl (C=O) groups excluding carboxylic acids is 2. The Morgan fingerprint density at radius 3 is 1.75 bits per heavy atom. The van der Waals surface area contributed by atoms with Crippen LogP contribution in [-0.2, 0) is 14.2 Å². The summed E-state index contributed by atoms with van der Waals surface area (Å²) in [6.45, 7) is 0.389. The summed E-state index contributed by atoms with van der Waals surface area (Å²) in [7, 11) is 3.17. The summed E-state index contributed by atoms with van der Waals surface area (Å²) in [4.78, 5) is 21.7. The van der Waals surface area contributed by atoms with Gasteiger partial charge in [-0.15, -0.1) is 0 Å². The van der Waals surface area contributed by atoms with Gasteiger partial charge in [0.2, 0.25) is 0 Å². The zero-order chi connectivity index (χ0) is 12.0. The average molecular weight is 224 g/mol. The van der Waals surface area contributed by atoms with E-state index in [0.29, 0.717) is 17.9 Å². The molecular formula is C11H12O5. The summed E-state index contributed by atoms with van der Waals surface area (Å²) in [6.07, 6.45) is 0. The third kappa shape index (κ3) is 2.88. The fourth-order valence-electron chi connectivity index (χ4n) is 1.15. The van der Waals surface area contributed by atoms with Crippen LogP contribution in [0.15, 0.2) is 24.3 Å². The Balaban J connectivity index is 0.000000221. The molecule has 16 heavy (non-hydrogen) atoms. The number of hydrogen-bond donors (Lipinski definition) is 0. The largest absolute Gasteiger partial charge is 0.386 e. The smallest absolute Gasteiger partial charge is 0.346 e. The van der Waals surface area contributed by atoms with E-state index >= 15 is 0 Å². The summed E-state index contributed by atoms with van der Waals surface area (Å²) >= 11 is 0. The molecule has 5 heteroatoms. The van der Waals surface area contributed by atoms with E-state index in [2.05, 4.69) is 14.2 Å². The van der Waals surface area contributed by atoms with Crippen LogP contribution in [0.25, 0.3) is 0 Å². The number of ether oxygens (including phenoxy) is 3. The predicted molar refractivity (Wildman–Crippen MR) is 55.1 cm³/mol. The van der Waals surface area contributed by atoms with Crippen molar-refractivity contribution < 1.29 is 23.8 Å². The molecule has 0 atom stereocenters. The van der Waals surface area contributed by atoms with Crippen molar-refractivity contribution in [2.45, 2.75) is 0 Å². The monoisotopic (exact) mass is 224 g/mol. The van der Waals surface area contributed by atoms with Crippen LogP contribution in [0.4, 0.5) is 0 Å². The molecule has 86 valence electrons. The molecule has 0 radical (unpaired) electrons. The van der Waals surface area contributed by atoms with E-state index in [1.807, 2.05) is 0 Å². The van der Waals surface area contributed by atoms with Crippen molar-refractivity contribution >= 4 is 11.9 Å². The van der Waals surface area contributed by atoms with Gasteiger partial charge in [0, 0.05) is 14.2 Å². The molecule has 0 bridgehead atoms. The predicted octanol–water partition coefficient (Wildman–Crippen LogP) is 1.23. The lowest BCUT2D eigenvalue weighted by molar-refractivity contribution is -0.00272. The van der Waals surface area contributed by atoms with Gasteiger partial charge in [-0.3, -0.25) is 0 Å². The van der Waals surface area contributed by atoms with Crippen molar-refractivity contribution in [1.82, 2.24) is 0 Å². The van der Waals surface area contributed by atoms with Crippen molar-refractivity contribution in [3.05, 3.63) is 35.4 Å².